The summed E-state index contributed by atoms with van der Waals surface area (Å²) in [7, 11) is 0. The summed E-state index contributed by atoms with van der Waals surface area (Å²) in [6.07, 6.45) is 1.19. The van der Waals surface area contributed by atoms with Crippen LogP contribution in [-0.2, 0) is 0 Å². The highest BCUT2D eigenvalue weighted by atomic mass is 79.9. The smallest absolute Gasteiger partial charge is 0.185 e. The fraction of sp³-hybridized carbons (Fsp3) is 0. The van der Waals surface area contributed by atoms with Crippen molar-refractivity contribution in [3.8, 4) is 0 Å². The highest BCUT2D eigenvalue weighted by molar-refractivity contribution is 9.10. The van der Waals surface area contributed by atoms with Gasteiger partial charge in [0, 0.05) is 5.56 Å². The van der Waals surface area contributed by atoms with Gasteiger partial charge in [0.15, 0.2) is 5.78 Å². The molecular weight excluding hydrogens is 223 g/mol. The number of ketones is 1. The first kappa shape index (κ1) is 9.13. The topological polar surface area (TPSA) is 17.1 Å². The van der Waals surface area contributed by atoms with Crippen molar-refractivity contribution in [1.82, 2.24) is 0 Å². The highest BCUT2D eigenvalue weighted by Crippen LogP contribution is 2.17. The number of hydrogen-bond acceptors (Lipinski definition) is 1. The summed E-state index contributed by atoms with van der Waals surface area (Å²) in [5.41, 5.74) is 0.429. The van der Waals surface area contributed by atoms with Crippen molar-refractivity contribution < 1.29 is 9.18 Å². The SMILES string of the molecule is C=CC(=O)c1ccc(F)c(Br)c1. The summed E-state index contributed by atoms with van der Waals surface area (Å²) in [6, 6.07) is 4.09. The average molecular weight is 229 g/mol. The molecule has 1 aromatic rings. The largest absolute Gasteiger partial charge is 0.289 e. The van der Waals surface area contributed by atoms with E-state index in [9.17, 15) is 9.18 Å². The number of carbonyl (C=O) groups is 1. The van der Waals surface area contributed by atoms with Crippen molar-refractivity contribution in [3.63, 3.8) is 0 Å². The molecule has 0 radical (unpaired) electrons. The third-order valence-corrected chi connectivity index (χ3v) is 2.00. The van der Waals surface area contributed by atoms with Crippen molar-refractivity contribution in [1.29, 1.82) is 0 Å². The predicted octanol–water partition coefficient (Wildman–Crippen LogP) is 2.96. The Kier molecular flexibility index (Phi) is 2.76. The van der Waals surface area contributed by atoms with E-state index in [0.29, 0.717) is 5.56 Å². The molecule has 12 heavy (non-hydrogen) atoms. The van der Waals surface area contributed by atoms with Gasteiger partial charge in [0.25, 0.3) is 0 Å². The van der Waals surface area contributed by atoms with Gasteiger partial charge in [-0.2, -0.15) is 0 Å². The number of allylic oxidation sites excluding steroid dienone is 1. The minimum atomic E-state index is -0.379. The van der Waals surface area contributed by atoms with Gasteiger partial charge in [-0.15, -0.1) is 0 Å². The van der Waals surface area contributed by atoms with Crippen LogP contribution in [0.4, 0.5) is 4.39 Å². The molecule has 0 aromatic heterocycles. The van der Waals surface area contributed by atoms with Crippen LogP contribution in [0.3, 0.4) is 0 Å². The van der Waals surface area contributed by atoms with Crippen molar-refractivity contribution in [2.45, 2.75) is 0 Å². The molecule has 0 N–H and O–H groups in total. The van der Waals surface area contributed by atoms with E-state index in [1.54, 1.807) is 0 Å². The maximum atomic E-state index is 12.7. The number of carbonyl (C=O) groups excluding carboxylic acids is 1. The molecule has 1 rings (SSSR count). The lowest BCUT2D eigenvalue weighted by molar-refractivity contribution is 0.104. The average Bonchev–Trinajstić information content (AvgIpc) is 2.08. The summed E-state index contributed by atoms with van der Waals surface area (Å²) in [6.45, 7) is 3.33. The monoisotopic (exact) mass is 228 g/mol. The fourth-order valence-electron chi connectivity index (χ4n) is 0.767. The molecule has 0 unspecified atom stereocenters. The van der Waals surface area contributed by atoms with E-state index in [0.717, 1.165) is 0 Å². The number of halogens is 2. The normalized spacial score (nSPS) is 9.50. The third kappa shape index (κ3) is 1.80. The Balaban J connectivity index is 3.13. The lowest BCUT2D eigenvalue weighted by Crippen LogP contribution is -1.93. The Labute approximate surface area is 78.0 Å². The molecule has 0 fully saturated rings. The Hall–Kier alpha value is -0.960. The second-order valence-corrected chi connectivity index (χ2v) is 3.05. The minimum absolute atomic E-state index is 0.212. The van der Waals surface area contributed by atoms with Gasteiger partial charge in [-0.3, -0.25) is 4.79 Å². The number of benzene rings is 1. The van der Waals surface area contributed by atoms with Crippen molar-refractivity contribution in [2.75, 3.05) is 0 Å². The number of hydrogen-bond donors (Lipinski definition) is 0. The van der Waals surface area contributed by atoms with Crippen LogP contribution in [0.1, 0.15) is 10.4 Å². The summed E-state index contributed by atoms with van der Waals surface area (Å²) >= 11 is 2.98. The number of rotatable bonds is 2. The minimum Gasteiger partial charge on any atom is -0.289 e. The van der Waals surface area contributed by atoms with Crippen molar-refractivity contribution >= 4 is 21.7 Å². The summed E-state index contributed by atoms with van der Waals surface area (Å²) in [4.78, 5) is 11.0. The van der Waals surface area contributed by atoms with Crippen LogP contribution in [0.15, 0.2) is 35.3 Å². The van der Waals surface area contributed by atoms with Gasteiger partial charge < -0.3 is 0 Å². The van der Waals surface area contributed by atoms with E-state index >= 15 is 0 Å². The molecule has 1 nitrogen and oxygen atoms in total. The van der Waals surface area contributed by atoms with E-state index < -0.39 is 0 Å². The maximum Gasteiger partial charge on any atom is 0.185 e. The van der Waals surface area contributed by atoms with Crippen LogP contribution in [0.25, 0.3) is 0 Å². The molecule has 0 spiro atoms. The molecule has 62 valence electrons. The van der Waals surface area contributed by atoms with Gasteiger partial charge in [-0.1, -0.05) is 6.58 Å². The molecule has 3 heteroatoms. The standard InChI is InChI=1S/C9H6BrFO/c1-2-9(12)6-3-4-8(11)7(10)5-6/h2-5H,1H2. The van der Waals surface area contributed by atoms with Crippen LogP contribution >= 0.6 is 15.9 Å². The van der Waals surface area contributed by atoms with Gasteiger partial charge in [-0.25, -0.2) is 4.39 Å². The summed E-state index contributed by atoms with van der Waals surface area (Å²) in [5, 5.41) is 0. The second-order valence-electron chi connectivity index (χ2n) is 2.20. The van der Waals surface area contributed by atoms with E-state index in [1.807, 2.05) is 0 Å². The summed E-state index contributed by atoms with van der Waals surface area (Å²) in [5.74, 6) is -0.591. The van der Waals surface area contributed by atoms with Gasteiger partial charge in [0.05, 0.1) is 4.47 Å². The van der Waals surface area contributed by atoms with Crippen molar-refractivity contribution in [3.05, 3.63) is 46.7 Å². The molecular formula is C9H6BrFO. The Morgan fingerprint density at radius 1 is 1.58 bits per heavy atom. The first-order valence-electron chi connectivity index (χ1n) is 3.27. The molecule has 0 heterocycles. The first-order chi connectivity index (χ1) is 5.65. The molecule has 0 aliphatic rings. The second kappa shape index (κ2) is 3.63. The highest BCUT2D eigenvalue weighted by Gasteiger charge is 2.04. The molecule has 0 bridgehead atoms. The zero-order valence-electron chi connectivity index (χ0n) is 6.18. The Morgan fingerprint density at radius 3 is 2.75 bits per heavy atom. The van der Waals surface area contributed by atoms with Crippen molar-refractivity contribution in [2.24, 2.45) is 0 Å². The lowest BCUT2D eigenvalue weighted by atomic mass is 10.1. The van der Waals surface area contributed by atoms with Crippen LogP contribution in [-0.4, -0.2) is 5.78 Å². The van der Waals surface area contributed by atoms with Gasteiger partial charge in [0.2, 0.25) is 0 Å². The van der Waals surface area contributed by atoms with Crippen LogP contribution in [0.2, 0.25) is 0 Å². The molecule has 0 aliphatic heterocycles. The maximum absolute atomic E-state index is 12.7. The first-order valence-corrected chi connectivity index (χ1v) is 4.06. The lowest BCUT2D eigenvalue weighted by Gasteiger charge is -1.97. The summed E-state index contributed by atoms with van der Waals surface area (Å²) < 4.78 is 13.0. The van der Waals surface area contributed by atoms with E-state index in [-0.39, 0.29) is 16.1 Å². The van der Waals surface area contributed by atoms with E-state index in [4.69, 9.17) is 0 Å². The fourth-order valence-corrected chi connectivity index (χ4v) is 1.15. The molecule has 1 aromatic carbocycles. The Bertz CT molecular complexity index is 333. The zero-order valence-corrected chi connectivity index (χ0v) is 7.77. The molecule has 0 saturated carbocycles. The Morgan fingerprint density at radius 2 is 2.25 bits per heavy atom. The molecule has 0 atom stereocenters. The molecule has 0 saturated heterocycles. The van der Waals surface area contributed by atoms with E-state index in [2.05, 4.69) is 22.5 Å². The van der Waals surface area contributed by atoms with Crippen LogP contribution in [0.5, 0.6) is 0 Å². The predicted molar refractivity (Wildman–Crippen MR) is 48.6 cm³/mol. The van der Waals surface area contributed by atoms with Gasteiger partial charge >= 0.3 is 0 Å². The van der Waals surface area contributed by atoms with E-state index in [1.165, 1.54) is 24.3 Å². The molecule has 0 amide bonds. The third-order valence-electron chi connectivity index (χ3n) is 1.39. The quantitative estimate of drug-likeness (QED) is 0.562. The van der Waals surface area contributed by atoms with Crippen LogP contribution in [0, 0.1) is 5.82 Å². The van der Waals surface area contributed by atoms with Gasteiger partial charge in [0.1, 0.15) is 5.82 Å². The van der Waals surface area contributed by atoms with Crippen LogP contribution < -0.4 is 0 Å². The van der Waals surface area contributed by atoms with Gasteiger partial charge in [-0.05, 0) is 40.2 Å². The zero-order chi connectivity index (χ0) is 9.14. The molecule has 0 aliphatic carbocycles.